The summed E-state index contributed by atoms with van der Waals surface area (Å²) in [4.78, 5) is 13.9. The lowest BCUT2D eigenvalue weighted by molar-refractivity contribution is 0.683. The van der Waals surface area contributed by atoms with E-state index >= 15 is 0 Å². The van der Waals surface area contributed by atoms with Crippen LogP contribution in [0.1, 0.15) is 31.3 Å². The van der Waals surface area contributed by atoms with E-state index in [1.54, 1.807) is 0 Å². The molecular formula is C20H21N5. The maximum Gasteiger partial charge on any atom is 0.152 e. The average molecular weight is 331 g/mol. The number of para-hydroxylation sites is 1. The molecule has 1 aromatic carbocycles. The number of benzene rings is 1. The fourth-order valence-electron chi connectivity index (χ4n) is 3.25. The molecule has 4 aromatic rings. The lowest BCUT2D eigenvalue weighted by atomic mass is 10.2. The van der Waals surface area contributed by atoms with Crippen LogP contribution >= 0.6 is 0 Å². The van der Waals surface area contributed by atoms with E-state index in [1.807, 2.05) is 42.6 Å². The van der Waals surface area contributed by atoms with E-state index in [9.17, 15) is 0 Å². The Morgan fingerprint density at radius 3 is 2.68 bits per heavy atom. The molecule has 0 fully saturated rings. The van der Waals surface area contributed by atoms with Crippen molar-refractivity contribution in [1.29, 1.82) is 0 Å². The second kappa shape index (κ2) is 6.51. The van der Waals surface area contributed by atoms with Gasteiger partial charge in [0.25, 0.3) is 0 Å². The number of nitrogens with two attached hydrogens (primary N) is 1. The molecule has 25 heavy (non-hydrogen) atoms. The van der Waals surface area contributed by atoms with E-state index in [0.717, 1.165) is 52.7 Å². The highest BCUT2D eigenvalue weighted by atomic mass is 15.1. The van der Waals surface area contributed by atoms with E-state index < -0.39 is 0 Å². The number of pyridine rings is 2. The fourth-order valence-corrected chi connectivity index (χ4v) is 3.25. The molecule has 0 saturated heterocycles. The van der Waals surface area contributed by atoms with Crippen LogP contribution < -0.4 is 5.73 Å². The summed E-state index contributed by atoms with van der Waals surface area (Å²) in [6.45, 7) is 2.88. The minimum Gasteiger partial charge on any atom is -0.382 e. The number of aromatic nitrogens is 4. The molecule has 5 heteroatoms. The molecule has 0 aliphatic rings. The SMILES string of the molecule is CCCCc1nc2c(N)nc3ccccc3c2n1Cc1ccccn1. The summed E-state index contributed by atoms with van der Waals surface area (Å²) < 4.78 is 2.26. The van der Waals surface area contributed by atoms with Gasteiger partial charge in [0.1, 0.15) is 11.3 Å². The Morgan fingerprint density at radius 2 is 1.88 bits per heavy atom. The molecule has 0 amide bonds. The molecule has 0 radical (unpaired) electrons. The first kappa shape index (κ1) is 15.6. The Balaban J connectivity index is 1.98. The highest BCUT2D eigenvalue weighted by Gasteiger charge is 2.17. The zero-order valence-corrected chi connectivity index (χ0v) is 14.3. The van der Waals surface area contributed by atoms with Crippen LogP contribution in [0.15, 0.2) is 48.7 Å². The number of unbranched alkanes of at least 4 members (excludes halogenated alkanes) is 1. The van der Waals surface area contributed by atoms with Crippen LogP contribution in [0.5, 0.6) is 0 Å². The van der Waals surface area contributed by atoms with Crippen molar-refractivity contribution in [3.05, 3.63) is 60.2 Å². The van der Waals surface area contributed by atoms with Crippen molar-refractivity contribution in [3.63, 3.8) is 0 Å². The van der Waals surface area contributed by atoms with Crippen molar-refractivity contribution in [2.45, 2.75) is 32.7 Å². The summed E-state index contributed by atoms with van der Waals surface area (Å²) in [5.74, 6) is 1.54. The molecule has 0 saturated carbocycles. The highest BCUT2D eigenvalue weighted by molar-refractivity contribution is 6.06. The number of hydrogen-bond donors (Lipinski definition) is 1. The van der Waals surface area contributed by atoms with Crippen LogP contribution in [0.4, 0.5) is 5.82 Å². The van der Waals surface area contributed by atoms with Crippen LogP contribution in [0.25, 0.3) is 21.9 Å². The van der Waals surface area contributed by atoms with E-state index in [2.05, 4.69) is 27.5 Å². The molecule has 0 bridgehead atoms. The number of hydrogen-bond acceptors (Lipinski definition) is 4. The Morgan fingerprint density at radius 1 is 1.04 bits per heavy atom. The van der Waals surface area contributed by atoms with Crippen molar-refractivity contribution < 1.29 is 0 Å². The van der Waals surface area contributed by atoms with Gasteiger partial charge in [-0.2, -0.15) is 0 Å². The Bertz CT molecular complexity index is 1020. The maximum atomic E-state index is 6.22. The summed E-state index contributed by atoms with van der Waals surface area (Å²) >= 11 is 0. The summed E-state index contributed by atoms with van der Waals surface area (Å²) in [7, 11) is 0. The number of nitrogen functional groups attached to an aromatic ring is 1. The van der Waals surface area contributed by atoms with Crippen LogP contribution in [0.3, 0.4) is 0 Å². The maximum absolute atomic E-state index is 6.22. The lowest BCUT2D eigenvalue weighted by Crippen LogP contribution is -2.07. The molecule has 3 aromatic heterocycles. The van der Waals surface area contributed by atoms with Gasteiger partial charge in [0.05, 0.1) is 23.3 Å². The van der Waals surface area contributed by atoms with E-state index in [1.165, 1.54) is 0 Å². The van der Waals surface area contributed by atoms with Gasteiger partial charge < -0.3 is 10.3 Å². The largest absolute Gasteiger partial charge is 0.382 e. The number of aryl methyl sites for hydroxylation is 1. The summed E-state index contributed by atoms with van der Waals surface area (Å²) in [6.07, 6.45) is 4.97. The third-order valence-electron chi connectivity index (χ3n) is 4.49. The minimum atomic E-state index is 0.492. The fraction of sp³-hybridized carbons (Fsp3) is 0.250. The lowest BCUT2D eigenvalue weighted by Gasteiger charge is -2.10. The quantitative estimate of drug-likeness (QED) is 0.601. The number of imidazole rings is 1. The normalized spacial score (nSPS) is 11.4. The van der Waals surface area contributed by atoms with Gasteiger partial charge in [-0.1, -0.05) is 37.6 Å². The van der Waals surface area contributed by atoms with Gasteiger partial charge in [-0.15, -0.1) is 0 Å². The van der Waals surface area contributed by atoms with Gasteiger partial charge in [-0.05, 0) is 24.6 Å². The van der Waals surface area contributed by atoms with Gasteiger partial charge in [-0.25, -0.2) is 9.97 Å². The predicted octanol–water partition coefficient (Wildman–Crippen LogP) is 3.95. The third kappa shape index (κ3) is 2.82. The Hall–Kier alpha value is -2.95. The van der Waals surface area contributed by atoms with Crippen LogP contribution in [0.2, 0.25) is 0 Å². The molecule has 3 heterocycles. The molecule has 0 atom stereocenters. The zero-order valence-electron chi connectivity index (χ0n) is 14.3. The first-order chi connectivity index (χ1) is 12.3. The standard InChI is InChI=1S/C20H21N5/c1-2-3-11-17-24-18-19(25(17)13-14-8-6-7-12-22-14)15-9-4-5-10-16(15)23-20(18)21/h4-10,12H,2-3,11,13H2,1H3,(H2,21,23). The Labute approximate surface area is 146 Å². The molecule has 0 aliphatic heterocycles. The van der Waals surface area contributed by atoms with E-state index in [-0.39, 0.29) is 0 Å². The van der Waals surface area contributed by atoms with Crippen LogP contribution in [0, 0.1) is 0 Å². The summed E-state index contributed by atoms with van der Waals surface area (Å²) in [5.41, 5.74) is 9.98. The molecule has 2 N–H and O–H groups in total. The first-order valence-electron chi connectivity index (χ1n) is 8.71. The van der Waals surface area contributed by atoms with E-state index in [0.29, 0.717) is 12.4 Å². The van der Waals surface area contributed by atoms with Crippen molar-refractivity contribution in [2.24, 2.45) is 0 Å². The van der Waals surface area contributed by atoms with Crippen LogP contribution in [-0.4, -0.2) is 19.5 Å². The number of rotatable bonds is 5. The smallest absolute Gasteiger partial charge is 0.152 e. The van der Waals surface area contributed by atoms with Gasteiger partial charge in [-0.3, -0.25) is 4.98 Å². The second-order valence-corrected chi connectivity index (χ2v) is 6.25. The zero-order chi connectivity index (χ0) is 17.2. The van der Waals surface area contributed by atoms with Gasteiger partial charge in [0, 0.05) is 18.0 Å². The molecule has 4 rings (SSSR count). The molecule has 0 aliphatic carbocycles. The summed E-state index contributed by atoms with van der Waals surface area (Å²) in [6, 6.07) is 14.1. The number of anilines is 1. The van der Waals surface area contributed by atoms with Gasteiger partial charge in [0.2, 0.25) is 0 Å². The van der Waals surface area contributed by atoms with E-state index in [4.69, 9.17) is 10.7 Å². The minimum absolute atomic E-state index is 0.492. The van der Waals surface area contributed by atoms with Crippen molar-refractivity contribution >= 4 is 27.8 Å². The first-order valence-corrected chi connectivity index (χ1v) is 8.71. The molecule has 0 unspecified atom stereocenters. The number of fused-ring (bicyclic) bond motifs is 3. The molecule has 126 valence electrons. The number of nitrogens with zero attached hydrogens (tertiary/aromatic N) is 4. The van der Waals surface area contributed by atoms with Crippen molar-refractivity contribution in [2.75, 3.05) is 5.73 Å². The highest BCUT2D eigenvalue weighted by Crippen LogP contribution is 2.29. The van der Waals surface area contributed by atoms with Crippen LogP contribution in [-0.2, 0) is 13.0 Å². The predicted molar refractivity (Wildman–Crippen MR) is 101 cm³/mol. The average Bonchev–Trinajstić information content (AvgIpc) is 3.00. The monoisotopic (exact) mass is 331 g/mol. The Kier molecular flexibility index (Phi) is 4.06. The van der Waals surface area contributed by atoms with Gasteiger partial charge >= 0.3 is 0 Å². The van der Waals surface area contributed by atoms with Crippen molar-refractivity contribution in [1.82, 2.24) is 19.5 Å². The second-order valence-electron chi connectivity index (χ2n) is 6.25. The molecular weight excluding hydrogens is 310 g/mol. The topological polar surface area (TPSA) is 69.6 Å². The summed E-state index contributed by atoms with van der Waals surface area (Å²) in [5, 5.41) is 1.08. The molecule has 0 spiro atoms. The van der Waals surface area contributed by atoms with Crippen molar-refractivity contribution in [3.8, 4) is 0 Å². The van der Waals surface area contributed by atoms with Gasteiger partial charge in [0.15, 0.2) is 5.82 Å². The molecule has 5 nitrogen and oxygen atoms in total. The third-order valence-corrected chi connectivity index (χ3v) is 4.49.